The summed E-state index contributed by atoms with van der Waals surface area (Å²) in [5.41, 5.74) is 8.58. The Bertz CT molecular complexity index is 2450. The van der Waals surface area contributed by atoms with Crippen molar-refractivity contribution >= 4 is 64.8 Å². The molecule has 0 spiro atoms. The van der Waals surface area contributed by atoms with Crippen LogP contribution >= 0.6 is 11.3 Å². The molecule has 6 aromatic carbocycles. The lowest BCUT2D eigenvalue weighted by Gasteiger charge is -2.28. The van der Waals surface area contributed by atoms with Crippen molar-refractivity contribution in [2.75, 3.05) is 4.90 Å². The van der Waals surface area contributed by atoms with Crippen molar-refractivity contribution in [2.45, 2.75) is 12.8 Å². The molecule has 8 aromatic rings. The minimum atomic E-state index is 0.645. The molecule has 0 radical (unpaired) electrons. The normalized spacial score (nSPS) is 13.2. The van der Waals surface area contributed by atoms with Crippen LogP contribution in [0.3, 0.4) is 0 Å². The molecule has 1 aliphatic carbocycles. The average Bonchev–Trinajstić information content (AvgIpc) is 3.72. The van der Waals surface area contributed by atoms with E-state index < -0.39 is 0 Å². The largest absolute Gasteiger partial charge is 0.436 e. The second kappa shape index (κ2) is 10.6. The van der Waals surface area contributed by atoms with Crippen LogP contribution in [-0.2, 0) is 0 Å². The molecule has 3 nitrogen and oxygen atoms in total. The molecule has 0 fully saturated rings. The second-order valence-electron chi connectivity index (χ2n) is 11.5. The molecule has 214 valence electrons. The number of oxazole rings is 1. The van der Waals surface area contributed by atoms with Crippen molar-refractivity contribution < 1.29 is 4.42 Å². The topological polar surface area (TPSA) is 29.3 Å². The van der Waals surface area contributed by atoms with Crippen molar-refractivity contribution in [1.82, 2.24) is 4.98 Å². The first-order chi connectivity index (χ1) is 22.3. The highest BCUT2D eigenvalue weighted by atomic mass is 32.1. The number of fused-ring (bicyclic) bond motifs is 6. The van der Waals surface area contributed by atoms with Crippen LogP contribution in [0.15, 0.2) is 156 Å². The van der Waals surface area contributed by atoms with Crippen molar-refractivity contribution in [2.24, 2.45) is 0 Å². The zero-order chi connectivity index (χ0) is 29.7. The van der Waals surface area contributed by atoms with E-state index in [9.17, 15) is 0 Å². The molecule has 0 bridgehead atoms. The van der Waals surface area contributed by atoms with Gasteiger partial charge in [-0.3, -0.25) is 0 Å². The first kappa shape index (κ1) is 26.0. The van der Waals surface area contributed by atoms with E-state index in [1.807, 2.05) is 47.7 Å². The molecule has 9 rings (SSSR count). The third-order valence-electron chi connectivity index (χ3n) is 8.69. The minimum absolute atomic E-state index is 0.645. The van der Waals surface area contributed by atoms with Gasteiger partial charge in [0.05, 0.1) is 0 Å². The van der Waals surface area contributed by atoms with Crippen LogP contribution in [-0.4, -0.2) is 4.98 Å². The van der Waals surface area contributed by atoms with Gasteiger partial charge in [0.1, 0.15) is 5.52 Å². The standard InChI is InChI=1S/C41H28N2OS/c1-3-11-27(12-4-1)41-42-40-34-23-22-32(26-29(34)21-24-36(40)44-41)43(30-14-5-2-6-15-30)31-16-9-13-28(25-31)33-18-10-20-38-39(33)35-17-7-8-19-37(35)45-38/h1,3-5,7-26H,2,6H2. The average molecular weight is 597 g/mol. The molecular weight excluding hydrogens is 569 g/mol. The molecule has 0 atom stereocenters. The van der Waals surface area contributed by atoms with E-state index in [0.29, 0.717) is 5.89 Å². The van der Waals surface area contributed by atoms with Crippen LogP contribution in [0.25, 0.3) is 64.6 Å². The van der Waals surface area contributed by atoms with Crippen molar-refractivity contribution in [1.29, 1.82) is 0 Å². The van der Waals surface area contributed by atoms with Crippen molar-refractivity contribution in [3.63, 3.8) is 0 Å². The summed E-state index contributed by atoms with van der Waals surface area (Å²) in [4.78, 5) is 7.30. The van der Waals surface area contributed by atoms with Crippen LogP contribution < -0.4 is 4.90 Å². The summed E-state index contributed by atoms with van der Waals surface area (Å²) in [5, 5.41) is 4.86. The summed E-state index contributed by atoms with van der Waals surface area (Å²) in [5.74, 6) is 0.645. The van der Waals surface area contributed by atoms with Gasteiger partial charge in [-0.05, 0) is 96.1 Å². The highest BCUT2D eigenvalue weighted by Crippen LogP contribution is 2.42. The van der Waals surface area contributed by atoms with Gasteiger partial charge in [-0.15, -0.1) is 11.3 Å². The van der Waals surface area contributed by atoms with Crippen molar-refractivity contribution in [3.8, 4) is 22.6 Å². The van der Waals surface area contributed by atoms with E-state index in [4.69, 9.17) is 9.40 Å². The Kier molecular flexibility index (Phi) is 6.13. The van der Waals surface area contributed by atoms with Crippen LogP contribution in [0, 0.1) is 0 Å². The molecule has 0 amide bonds. The summed E-state index contributed by atoms with van der Waals surface area (Å²) in [7, 11) is 0. The number of hydrogen-bond donors (Lipinski definition) is 0. The van der Waals surface area contributed by atoms with E-state index >= 15 is 0 Å². The Labute approximate surface area is 265 Å². The number of anilines is 2. The van der Waals surface area contributed by atoms with E-state index in [1.165, 1.54) is 37.0 Å². The molecule has 0 N–H and O–H groups in total. The third kappa shape index (κ3) is 4.45. The Hall–Kier alpha value is -5.45. The molecule has 4 heteroatoms. The lowest BCUT2D eigenvalue weighted by molar-refractivity contribution is 0.620. The van der Waals surface area contributed by atoms with Gasteiger partial charge >= 0.3 is 0 Å². The highest BCUT2D eigenvalue weighted by molar-refractivity contribution is 7.25. The highest BCUT2D eigenvalue weighted by Gasteiger charge is 2.18. The maximum Gasteiger partial charge on any atom is 0.227 e. The SMILES string of the molecule is C1=CC(N(c2cccc(-c3cccc4sc5ccccc5c34)c2)c2ccc3c(ccc4oc(-c5ccccc5)nc43)c2)=CCC1. The predicted octanol–water partition coefficient (Wildman–Crippen LogP) is 12.1. The molecule has 45 heavy (non-hydrogen) atoms. The maximum absolute atomic E-state index is 6.17. The molecular formula is C41H28N2OS. The van der Waals surface area contributed by atoms with Crippen molar-refractivity contribution in [3.05, 3.63) is 151 Å². The third-order valence-corrected chi connectivity index (χ3v) is 9.82. The molecule has 0 saturated heterocycles. The first-order valence-corrected chi connectivity index (χ1v) is 16.2. The number of benzene rings is 6. The zero-order valence-electron chi connectivity index (χ0n) is 24.5. The van der Waals surface area contributed by atoms with Gasteiger partial charge in [0.15, 0.2) is 5.58 Å². The van der Waals surface area contributed by atoms with Crippen LogP contribution in [0.2, 0.25) is 0 Å². The van der Waals surface area contributed by atoms with Crippen LogP contribution in [0.1, 0.15) is 12.8 Å². The lowest BCUT2D eigenvalue weighted by atomic mass is 9.98. The fourth-order valence-corrected chi connectivity index (χ4v) is 7.72. The number of hydrogen-bond acceptors (Lipinski definition) is 4. The van der Waals surface area contributed by atoms with Gasteiger partial charge in [0.2, 0.25) is 5.89 Å². The fraction of sp³-hybridized carbons (Fsp3) is 0.0488. The van der Waals surface area contributed by atoms with E-state index in [-0.39, 0.29) is 0 Å². The Balaban J connectivity index is 1.18. The quantitative estimate of drug-likeness (QED) is 0.198. The number of nitrogens with zero attached hydrogens (tertiary/aromatic N) is 2. The number of allylic oxidation sites excluding steroid dienone is 3. The Morgan fingerprint density at radius 2 is 1.47 bits per heavy atom. The number of rotatable bonds is 5. The fourth-order valence-electron chi connectivity index (χ4n) is 6.59. The Morgan fingerprint density at radius 3 is 2.38 bits per heavy atom. The molecule has 2 aromatic heterocycles. The van der Waals surface area contributed by atoms with Gasteiger partial charge in [0.25, 0.3) is 0 Å². The molecule has 0 unspecified atom stereocenters. The molecule has 0 saturated carbocycles. The zero-order valence-corrected chi connectivity index (χ0v) is 25.3. The second-order valence-corrected chi connectivity index (χ2v) is 12.6. The van der Waals surface area contributed by atoms with Gasteiger partial charge in [-0.2, -0.15) is 0 Å². The maximum atomic E-state index is 6.17. The van der Waals surface area contributed by atoms with E-state index in [0.717, 1.165) is 51.7 Å². The molecule has 2 heterocycles. The molecule has 0 aliphatic heterocycles. The van der Waals surface area contributed by atoms with E-state index in [1.54, 1.807) is 0 Å². The lowest BCUT2D eigenvalue weighted by Crippen LogP contribution is -2.16. The first-order valence-electron chi connectivity index (χ1n) is 15.4. The van der Waals surface area contributed by atoms with Crippen LogP contribution in [0.5, 0.6) is 0 Å². The molecule has 1 aliphatic rings. The van der Waals surface area contributed by atoms with Crippen LogP contribution in [0.4, 0.5) is 11.4 Å². The van der Waals surface area contributed by atoms with Gasteiger partial charge in [-0.25, -0.2) is 4.98 Å². The smallest absolute Gasteiger partial charge is 0.227 e. The summed E-state index contributed by atoms with van der Waals surface area (Å²) < 4.78 is 8.81. The summed E-state index contributed by atoms with van der Waals surface area (Å²) in [6.07, 6.45) is 8.96. The summed E-state index contributed by atoms with van der Waals surface area (Å²) in [6.45, 7) is 0. The Morgan fingerprint density at radius 1 is 0.644 bits per heavy atom. The summed E-state index contributed by atoms with van der Waals surface area (Å²) >= 11 is 1.86. The number of thiophene rings is 1. The predicted molar refractivity (Wildman–Crippen MR) is 190 cm³/mol. The number of aromatic nitrogens is 1. The van der Waals surface area contributed by atoms with Gasteiger partial charge in [0, 0.05) is 48.2 Å². The summed E-state index contributed by atoms with van der Waals surface area (Å²) in [6, 6.07) is 45.3. The minimum Gasteiger partial charge on any atom is -0.436 e. The van der Waals surface area contributed by atoms with Gasteiger partial charge < -0.3 is 9.32 Å². The monoisotopic (exact) mass is 596 g/mol. The van der Waals surface area contributed by atoms with Gasteiger partial charge in [-0.1, -0.05) is 78.9 Å². The van der Waals surface area contributed by atoms with E-state index in [2.05, 4.69) is 114 Å².